The number of rotatable bonds is 2. The van der Waals surface area contributed by atoms with Crippen LogP contribution in [0.3, 0.4) is 0 Å². The summed E-state index contributed by atoms with van der Waals surface area (Å²) in [5, 5.41) is 0.504. The molecule has 136 valence electrons. The van der Waals surface area contributed by atoms with Crippen molar-refractivity contribution in [2.24, 2.45) is 5.41 Å². The van der Waals surface area contributed by atoms with Crippen LogP contribution in [0.25, 0.3) is 10.9 Å². The van der Waals surface area contributed by atoms with Crippen LogP contribution in [0.1, 0.15) is 19.3 Å². The molecule has 1 aromatic heterocycles. The molecule has 2 aliphatic heterocycles. The zero-order chi connectivity index (χ0) is 18.3. The maximum atomic E-state index is 12.7. The maximum absolute atomic E-state index is 12.7. The van der Waals surface area contributed by atoms with Gasteiger partial charge in [0.15, 0.2) is 0 Å². The Morgan fingerprint density at radius 2 is 2.00 bits per heavy atom. The van der Waals surface area contributed by atoms with Gasteiger partial charge in [0, 0.05) is 26.7 Å². The first kappa shape index (κ1) is 16.8. The summed E-state index contributed by atoms with van der Waals surface area (Å²) in [6.07, 6.45) is 3.93. The van der Waals surface area contributed by atoms with Crippen molar-refractivity contribution in [2.75, 3.05) is 26.7 Å². The number of nitrogens with zero attached hydrogens (tertiary/aromatic N) is 4. The summed E-state index contributed by atoms with van der Waals surface area (Å²) in [6.45, 7) is 1.75. The Morgan fingerprint density at radius 1 is 1.19 bits per heavy atom. The molecule has 4 rings (SSSR count). The van der Waals surface area contributed by atoms with Gasteiger partial charge in [0.25, 0.3) is 5.56 Å². The summed E-state index contributed by atoms with van der Waals surface area (Å²) in [4.78, 5) is 45.6. The summed E-state index contributed by atoms with van der Waals surface area (Å²) < 4.78 is 1.35. The summed E-state index contributed by atoms with van der Waals surface area (Å²) in [6, 6.07) is 7.10. The highest BCUT2D eigenvalue weighted by Crippen LogP contribution is 2.39. The number of aromatic nitrogens is 2. The zero-order valence-corrected chi connectivity index (χ0v) is 14.9. The molecule has 0 aliphatic carbocycles. The molecule has 26 heavy (non-hydrogen) atoms. The second-order valence-electron chi connectivity index (χ2n) is 7.37. The van der Waals surface area contributed by atoms with E-state index >= 15 is 0 Å². The molecule has 2 aromatic rings. The minimum atomic E-state index is -0.435. The molecular formula is C19H22N4O3. The van der Waals surface area contributed by atoms with E-state index in [2.05, 4.69) is 4.98 Å². The number of amides is 2. The van der Waals surface area contributed by atoms with Gasteiger partial charge in [-0.2, -0.15) is 0 Å². The Balaban J connectivity index is 1.52. The van der Waals surface area contributed by atoms with Gasteiger partial charge in [-0.25, -0.2) is 4.98 Å². The van der Waals surface area contributed by atoms with E-state index in [0.29, 0.717) is 30.4 Å². The summed E-state index contributed by atoms with van der Waals surface area (Å²) >= 11 is 0. The van der Waals surface area contributed by atoms with Crippen LogP contribution >= 0.6 is 0 Å². The van der Waals surface area contributed by atoms with Gasteiger partial charge in [0.05, 0.1) is 22.6 Å². The van der Waals surface area contributed by atoms with E-state index < -0.39 is 5.41 Å². The summed E-state index contributed by atoms with van der Waals surface area (Å²) in [5.74, 6) is 0.00525. The molecule has 3 heterocycles. The van der Waals surface area contributed by atoms with Crippen molar-refractivity contribution in [3.05, 3.63) is 40.9 Å². The number of para-hydroxylation sites is 1. The van der Waals surface area contributed by atoms with Crippen molar-refractivity contribution in [1.29, 1.82) is 0 Å². The predicted octanol–water partition coefficient (Wildman–Crippen LogP) is 0.867. The average Bonchev–Trinajstić information content (AvgIpc) is 3.07. The van der Waals surface area contributed by atoms with Gasteiger partial charge < -0.3 is 9.80 Å². The Bertz CT molecular complexity index is 938. The molecule has 2 amide bonds. The fraction of sp³-hybridized carbons (Fsp3) is 0.474. The first-order valence-electron chi connectivity index (χ1n) is 8.98. The van der Waals surface area contributed by atoms with Crippen molar-refractivity contribution in [1.82, 2.24) is 19.4 Å². The van der Waals surface area contributed by atoms with E-state index in [1.807, 2.05) is 13.1 Å². The van der Waals surface area contributed by atoms with Crippen LogP contribution in [-0.2, 0) is 16.1 Å². The molecule has 2 fully saturated rings. The predicted molar refractivity (Wildman–Crippen MR) is 96.5 cm³/mol. The highest BCUT2D eigenvalue weighted by atomic mass is 16.2. The largest absolute Gasteiger partial charge is 0.345 e. The Hall–Kier alpha value is -2.70. The second kappa shape index (κ2) is 6.23. The topological polar surface area (TPSA) is 75.5 Å². The fourth-order valence-corrected chi connectivity index (χ4v) is 4.20. The monoisotopic (exact) mass is 354 g/mol. The van der Waals surface area contributed by atoms with E-state index in [4.69, 9.17) is 0 Å². The molecule has 0 saturated carbocycles. The second-order valence-corrected chi connectivity index (χ2v) is 7.37. The van der Waals surface area contributed by atoms with Crippen molar-refractivity contribution in [3.8, 4) is 0 Å². The molecule has 1 unspecified atom stereocenters. The third-order valence-electron chi connectivity index (χ3n) is 5.69. The smallest absolute Gasteiger partial charge is 0.261 e. The number of likely N-dealkylation sites (tertiary alicyclic amines) is 2. The quantitative estimate of drug-likeness (QED) is 0.802. The molecule has 1 aromatic carbocycles. The number of carbonyl (C=O) groups is 2. The number of carbonyl (C=O) groups excluding carboxylic acids is 2. The molecule has 7 nitrogen and oxygen atoms in total. The third-order valence-corrected chi connectivity index (χ3v) is 5.69. The van der Waals surface area contributed by atoms with Crippen LogP contribution in [0.5, 0.6) is 0 Å². The fourth-order valence-electron chi connectivity index (χ4n) is 4.20. The lowest BCUT2D eigenvalue weighted by atomic mass is 9.78. The third kappa shape index (κ3) is 2.67. The van der Waals surface area contributed by atoms with Crippen LogP contribution in [0.2, 0.25) is 0 Å². The molecule has 2 saturated heterocycles. The Labute approximate surface area is 151 Å². The highest BCUT2D eigenvalue weighted by Gasteiger charge is 2.48. The average molecular weight is 354 g/mol. The molecule has 1 spiro atoms. The number of benzene rings is 1. The van der Waals surface area contributed by atoms with E-state index in [9.17, 15) is 14.4 Å². The number of fused-ring (bicyclic) bond motifs is 1. The van der Waals surface area contributed by atoms with Crippen molar-refractivity contribution < 1.29 is 9.59 Å². The van der Waals surface area contributed by atoms with Gasteiger partial charge in [-0.3, -0.25) is 19.0 Å². The molecule has 0 N–H and O–H groups in total. The van der Waals surface area contributed by atoms with Gasteiger partial charge in [-0.1, -0.05) is 12.1 Å². The normalized spacial score (nSPS) is 23.2. The SMILES string of the molecule is CN1CCCC2(CCN(C(=O)Cn3cnc4ccccc4c3=O)C2)C1=O. The number of hydrogen-bond donors (Lipinski definition) is 0. The van der Waals surface area contributed by atoms with Crippen LogP contribution in [0.4, 0.5) is 0 Å². The highest BCUT2D eigenvalue weighted by molar-refractivity contribution is 5.86. The molecular weight excluding hydrogens is 332 g/mol. The van der Waals surface area contributed by atoms with Crippen LogP contribution in [-0.4, -0.2) is 57.8 Å². The minimum Gasteiger partial charge on any atom is -0.345 e. The molecule has 0 bridgehead atoms. The van der Waals surface area contributed by atoms with E-state index in [-0.39, 0.29) is 23.9 Å². The molecule has 2 aliphatic rings. The van der Waals surface area contributed by atoms with Crippen molar-refractivity contribution in [3.63, 3.8) is 0 Å². The molecule has 7 heteroatoms. The van der Waals surface area contributed by atoms with Gasteiger partial charge in [-0.15, -0.1) is 0 Å². The number of hydrogen-bond acceptors (Lipinski definition) is 4. The van der Waals surface area contributed by atoms with Gasteiger partial charge in [-0.05, 0) is 31.4 Å². The first-order chi connectivity index (χ1) is 12.5. The minimum absolute atomic E-state index is 0.0449. The van der Waals surface area contributed by atoms with Crippen LogP contribution < -0.4 is 5.56 Å². The van der Waals surface area contributed by atoms with E-state index in [0.717, 1.165) is 19.4 Å². The van der Waals surface area contributed by atoms with E-state index in [1.54, 1.807) is 28.0 Å². The van der Waals surface area contributed by atoms with Crippen molar-refractivity contribution in [2.45, 2.75) is 25.8 Å². The van der Waals surface area contributed by atoms with Crippen LogP contribution in [0.15, 0.2) is 35.4 Å². The lowest BCUT2D eigenvalue weighted by Gasteiger charge is -2.37. The molecule has 1 atom stereocenters. The van der Waals surface area contributed by atoms with Gasteiger partial charge in [0.1, 0.15) is 6.54 Å². The lowest BCUT2D eigenvalue weighted by molar-refractivity contribution is -0.144. The van der Waals surface area contributed by atoms with E-state index in [1.165, 1.54) is 10.9 Å². The van der Waals surface area contributed by atoms with Gasteiger partial charge in [0.2, 0.25) is 11.8 Å². The molecule has 0 radical (unpaired) electrons. The van der Waals surface area contributed by atoms with Crippen LogP contribution in [0, 0.1) is 5.41 Å². The maximum Gasteiger partial charge on any atom is 0.261 e. The summed E-state index contributed by atoms with van der Waals surface area (Å²) in [5.41, 5.74) is -0.0292. The Kier molecular flexibility index (Phi) is 4.01. The first-order valence-corrected chi connectivity index (χ1v) is 8.98. The summed E-state index contributed by atoms with van der Waals surface area (Å²) in [7, 11) is 1.83. The zero-order valence-electron chi connectivity index (χ0n) is 14.9. The van der Waals surface area contributed by atoms with Crippen molar-refractivity contribution >= 4 is 22.7 Å². The Morgan fingerprint density at radius 3 is 2.85 bits per heavy atom. The lowest BCUT2D eigenvalue weighted by Crippen LogP contribution is -2.49. The van der Waals surface area contributed by atoms with Gasteiger partial charge >= 0.3 is 0 Å². The standard InChI is InChI=1S/C19H22N4O3/c1-21-9-4-7-19(18(21)26)8-10-22(12-19)16(24)11-23-13-20-15-6-3-2-5-14(15)17(23)25/h2-3,5-6,13H,4,7-12H2,1H3. The number of piperidine rings is 1.